The predicted molar refractivity (Wildman–Crippen MR) is 124 cm³/mol. The van der Waals surface area contributed by atoms with Gasteiger partial charge in [-0.1, -0.05) is 30.0 Å². The fraction of sp³-hybridized carbons (Fsp3) is 0.250. The number of ether oxygens (including phenoxy) is 2. The normalized spacial score (nSPS) is 14.4. The first kappa shape index (κ1) is 19.0. The molecule has 1 aliphatic carbocycles. The second kappa shape index (κ2) is 7.43. The summed E-state index contributed by atoms with van der Waals surface area (Å²) in [4.78, 5) is 20.9. The molecule has 0 radical (unpaired) electrons. The van der Waals surface area contributed by atoms with Crippen LogP contribution in [0, 0.1) is 6.92 Å². The quantitative estimate of drug-likeness (QED) is 0.315. The standard InChI is InChI=1S/C24H20N2O3S2/c1-14-4-2-5-16(10-14)26-23(27)21-17-6-3-7-20(17)31-22(21)25-24(26)30-12-15-8-9-18-19(11-15)29-13-28-18/h2,4-5,8-11H,3,6-7,12-13H2,1H3. The molecule has 0 fully saturated rings. The summed E-state index contributed by atoms with van der Waals surface area (Å²) < 4.78 is 12.7. The van der Waals surface area contributed by atoms with Crippen LogP contribution < -0.4 is 15.0 Å². The first-order valence-electron chi connectivity index (χ1n) is 10.3. The third-order valence-electron chi connectivity index (χ3n) is 5.77. The van der Waals surface area contributed by atoms with Crippen LogP contribution in [0.5, 0.6) is 11.5 Å². The van der Waals surface area contributed by atoms with E-state index in [4.69, 9.17) is 14.5 Å². The van der Waals surface area contributed by atoms with Crippen molar-refractivity contribution in [2.24, 2.45) is 0 Å². The maximum Gasteiger partial charge on any atom is 0.267 e. The van der Waals surface area contributed by atoms with Crippen LogP contribution >= 0.6 is 23.1 Å². The Bertz CT molecular complexity index is 1390. The zero-order valence-electron chi connectivity index (χ0n) is 17.0. The number of thiophene rings is 1. The molecule has 7 heteroatoms. The van der Waals surface area contributed by atoms with Crippen LogP contribution in [-0.2, 0) is 18.6 Å². The molecule has 0 saturated heterocycles. The Morgan fingerprint density at radius 3 is 2.94 bits per heavy atom. The molecule has 2 aliphatic rings. The van der Waals surface area contributed by atoms with E-state index in [0.717, 1.165) is 62.9 Å². The molecule has 0 amide bonds. The summed E-state index contributed by atoms with van der Waals surface area (Å²) in [5.41, 5.74) is 4.35. The van der Waals surface area contributed by atoms with Gasteiger partial charge in [0.1, 0.15) is 4.83 Å². The number of benzene rings is 2. The topological polar surface area (TPSA) is 53.4 Å². The van der Waals surface area contributed by atoms with E-state index in [9.17, 15) is 4.79 Å². The van der Waals surface area contributed by atoms with E-state index >= 15 is 0 Å². The Balaban J connectivity index is 1.46. The van der Waals surface area contributed by atoms with Gasteiger partial charge in [-0.2, -0.15) is 0 Å². The molecule has 1 aliphatic heterocycles. The molecule has 0 atom stereocenters. The summed E-state index contributed by atoms with van der Waals surface area (Å²) >= 11 is 3.26. The highest BCUT2D eigenvalue weighted by atomic mass is 32.2. The predicted octanol–water partition coefficient (Wildman–Crippen LogP) is 5.27. The van der Waals surface area contributed by atoms with Crippen molar-refractivity contribution in [1.29, 1.82) is 0 Å². The molecule has 31 heavy (non-hydrogen) atoms. The zero-order valence-corrected chi connectivity index (χ0v) is 18.6. The zero-order chi connectivity index (χ0) is 20.9. The van der Waals surface area contributed by atoms with Gasteiger partial charge < -0.3 is 9.47 Å². The lowest BCUT2D eigenvalue weighted by atomic mass is 10.2. The average Bonchev–Trinajstić information content (AvgIpc) is 3.47. The van der Waals surface area contributed by atoms with Crippen molar-refractivity contribution < 1.29 is 9.47 Å². The lowest BCUT2D eigenvalue weighted by molar-refractivity contribution is 0.174. The number of fused-ring (bicyclic) bond motifs is 4. The van der Waals surface area contributed by atoms with Crippen LogP contribution in [-0.4, -0.2) is 16.3 Å². The summed E-state index contributed by atoms with van der Waals surface area (Å²) in [6, 6.07) is 14.0. The van der Waals surface area contributed by atoms with Gasteiger partial charge in [-0.05, 0) is 67.1 Å². The molecular weight excluding hydrogens is 428 g/mol. The van der Waals surface area contributed by atoms with Gasteiger partial charge in [0, 0.05) is 10.6 Å². The minimum atomic E-state index is 0.0446. The summed E-state index contributed by atoms with van der Waals surface area (Å²) in [5, 5.41) is 1.53. The highest BCUT2D eigenvalue weighted by molar-refractivity contribution is 7.98. The molecule has 5 nitrogen and oxygen atoms in total. The fourth-order valence-corrected chi connectivity index (χ4v) is 6.55. The molecular formula is C24H20N2O3S2. The van der Waals surface area contributed by atoms with Crippen LogP contribution in [0.4, 0.5) is 0 Å². The first-order chi connectivity index (χ1) is 15.2. The monoisotopic (exact) mass is 448 g/mol. The van der Waals surface area contributed by atoms with E-state index in [2.05, 4.69) is 0 Å². The Hall–Kier alpha value is -2.77. The van der Waals surface area contributed by atoms with Gasteiger partial charge in [0.2, 0.25) is 6.79 Å². The van der Waals surface area contributed by atoms with Crippen LogP contribution in [0.15, 0.2) is 52.4 Å². The third-order valence-corrected chi connectivity index (χ3v) is 7.97. The summed E-state index contributed by atoms with van der Waals surface area (Å²) in [5.74, 6) is 2.23. The van der Waals surface area contributed by atoms with E-state index in [-0.39, 0.29) is 12.4 Å². The maximum absolute atomic E-state index is 13.7. The Kier molecular flexibility index (Phi) is 4.54. The molecule has 2 aromatic heterocycles. The molecule has 0 N–H and O–H groups in total. The highest BCUT2D eigenvalue weighted by Gasteiger charge is 2.24. The van der Waals surface area contributed by atoms with Gasteiger partial charge in [0.15, 0.2) is 16.7 Å². The number of aryl methyl sites for hydroxylation is 3. The van der Waals surface area contributed by atoms with Gasteiger partial charge in [0.25, 0.3) is 5.56 Å². The van der Waals surface area contributed by atoms with E-state index < -0.39 is 0 Å². The van der Waals surface area contributed by atoms with E-state index in [0.29, 0.717) is 5.75 Å². The molecule has 3 heterocycles. The van der Waals surface area contributed by atoms with Gasteiger partial charge in [0.05, 0.1) is 11.1 Å². The first-order valence-corrected chi connectivity index (χ1v) is 12.1. The number of hydrogen-bond acceptors (Lipinski definition) is 6. The molecule has 0 bridgehead atoms. The van der Waals surface area contributed by atoms with Gasteiger partial charge in [-0.25, -0.2) is 4.98 Å². The number of rotatable bonds is 4. The number of thioether (sulfide) groups is 1. The molecule has 6 rings (SSSR count). The number of nitrogens with zero attached hydrogens (tertiary/aromatic N) is 2. The Morgan fingerprint density at radius 1 is 1.13 bits per heavy atom. The summed E-state index contributed by atoms with van der Waals surface area (Å²) in [6.45, 7) is 2.31. The smallest absolute Gasteiger partial charge is 0.267 e. The van der Waals surface area contributed by atoms with E-state index in [1.54, 1.807) is 27.7 Å². The third kappa shape index (κ3) is 3.23. The van der Waals surface area contributed by atoms with Crippen LogP contribution in [0.2, 0.25) is 0 Å². The van der Waals surface area contributed by atoms with Crippen molar-refractivity contribution in [1.82, 2.24) is 9.55 Å². The van der Waals surface area contributed by atoms with E-state index in [1.165, 1.54) is 10.4 Å². The van der Waals surface area contributed by atoms with Crippen molar-refractivity contribution in [2.75, 3.05) is 6.79 Å². The van der Waals surface area contributed by atoms with Crippen molar-refractivity contribution >= 4 is 33.3 Å². The van der Waals surface area contributed by atoms with Crippen LogP contribution in [0.1, 0.15) is 28.0 Å². The molecule has 156 valence electrons. The van der Waals surface area contributed by atoms with Crippen LogP contribution in [0.25, 0.3) is 15.9 Å². The SMILES string of the molecule is Cc1cccc(-n2c(SCc3ccc4c(c3)OCO4)nc3sc4c(c3c2=O)CCC4)c1. The lowest BCUT2D eigenvalue weighted by Crippen LogP contribution is -2.22. The number of aromatic nitrogens is 2. The Labute approximate surface area is 187 Å². The molecule has 0 spiro atoms. The van der Waals surface area contributed by atoms with Crippen molar-refractivity contribution in [3.8, 4) is 17.2 Å². The fourth-order valence-electron chi connectivity index (χ4n) is 4.29. The maximum atomic E-state index is 13.7. The van der Waals surface area contributed by atoms with Crippen molar-refractivity contribution in [3.63, 3.8) is 0 Å². The summed E-state index contributed by atoms with van der Waals surface area (Å²) in [7, 11) is 0. The van der Waals surface area contributed by atoms with Gasteiger partial charge in [-0.15, -0.1) is 11.3 Å². The minimum Gasteiger partial charge on any atom is -0.454 e. The second-order valence-corrected chi connectivity index (χ2v) is 9.91. The molecule has 2 aromatic carbocycles. The average molecular weight is 449 g/mol. The largest absolute Gasteiger partial charge is 0.454 e. The second-order valence-electron chi connectivity index (χ2n) is 7.89. The van der Waals surface area contributed by atoms with Gasteiger partial charge >= 0.3 is 0 Å². The Morgan fingerprint density at radius 2 is 2.03 bits per heavy atom. The van der Waals surface area contributed by atoms with Crippen molar-refractivity contribution in [2.45, 2.75) is 37.1 Å². The van der Waals surface area contributed by atoms with Crippen LogP contribution in [0.3, 0.4) is 0 Å². The highest BCUT2D eigenvalue weighted by Crippen LogP contribution is 2.37. The molecule has 0 saturated carbocycles. The summed E-state index contributed by atoms with van der Waals surface area (Å²) in [6.07, 6.45) is 3.16. The van der Waals surface area contributed by atoms with E-state index in [1.807, 2.05) is 49.4 Å². The lowest BCUT2D eigenvalue weighted by Gasteiger charge is -2.13. The molecule has 0 unspecified atom stereocenters. The minimum absolute atomic E-state index is 0.0446. The van der Waals surface area contributed by atoms with Crippen molar-refractivity contribution in [3.05, 3.63) is 74.4 Å². The number of hydrogen-bond donors (Lipinski definition) is 0. The van der Waals surface area contributed by atoms with Gasteiger partial charge in [-0.3, -0.25) is 9.36 Å². The molecule has 4 aromatic rings.